The van der Waals surface area contributed by atoms with E-state index < -0.39 is 0 Å². The molecule has 0 saturated carbocycles. The van der Waals surface area contributed by atoms with Gasteiger partial charge in [0.05, 0.1) is 7.11 Å². The van der Waals surface area contributed by atoms with E-state index >= 15 is 0 Å². The summed E-state index contributed by atoms with van der Waals surface area (Å²) in [7, 11) is 1.60. The van der Waals surface area contributed by atoms with Crippen LogP contribution in [0.1, 0.15) is 0 Å². The molecule has 3 aromatic rings. The van der Waals surface area contributed by atoms with Gasteiger partial charge >= 0.3 is 0 Å². The fraction of sp³-hybridized carbons (Fsp3) is 0.0625. The van der Waals surface area contributed by atoms with Crippen molar-refractivity contribution < 1.29 is 9.47 Å². The predicted octanol–water partition coefficient (Wildman–Crippen LogP) is 3.00. The Kier molecular flexibility index (Phi) is 4.19. The van der Waals surface area contributed by atoms with Crippen LogP contribution < -0.4 is 20.5 Å². The molecule has 2 aromatic heterocycles. The Labute approximate surface area is 133 Å². The van der Waals surface area contributed by atoms with Crippen molar-refractivity contribution in [3.8, 4) is 17.4 Å². The second kappa shape index (κ2) is 6.61. The Morgan fingerprint density at radius 1 is 0.957 bits per heavy atom. The molecule has 0 unspecified atom stereocenters. The third-order valence-corrected chi connectivity index (χ3v) is 2.93. The van der Waals surface area contributed by atoms with Gasteiger partial charge in [-0.25, -0.2) is 15.0 Å². The summed E-state index contributed by atoms with van der Waals surface area (Å²) in [6, 6.07) is 14.2. The summed E-state index contributed by atoms with van der Waals surface area (Å²) in [5.74, 6) is 3.30. The first kappa shape index (κ1) is 14.6. The maximum absolute atomic E-state index is 5.71. The number of nitrogens with zero attached hydrogens (tertiary/aromatic N) is 3. The summed E-state index contributed by atoms with van der Waals surface area (Å²) in [5.41, 5.74) is 5.65. The topological polar surface area (TPSA) is 95.2 Å². The highest BCUT2D eigenvalue weighted by Crippen LogP contribution is 2.25. The molecule has 3 rings (SSSR count). The van der Waals surface area contributed by atoms with Crippen molar-refractivity contribution >= 4 is 17.5 Å². The van der Waals surface area contributed by atoms with E-state index in [9.17, 15) is 0 Å². The summed E-state index contributed by atoms with van der Waals surface area (Å²) >= 11 is 0. The fourth-order valence-electron chi connectivity index (χ4n) is 1.90. The van der Waals surface area contributed by atoms with Gasteiger partial charge in [-0.1, -0.05) is 12.1 Å². The number of hydrogen-bond donors (Lipinski definition) is 2. The summed E-state index contributed by atoms with van der Waals surface area (Å²) in [4.78, 5) is 12.4. The molecule has 0 spiro atoms. The number of anilines is 3. The van der Waals surface area contributed by atoms with Gasteiger partial charge in [-0.15, -0.1) is 0 Å². The molecule has 0 aliphatic carbocycles. The third kappa shape index (κ3) is 3.85. The van der Waals surface area contributed by atoms with E-state index in [1.54, 1.807) is 37.4 Å². The number of nitrogens with one attached hydrogen (secondary N) is 1. The number of aromatic nitrogens is 3. The van der Waals surface area contributed by atoms with E-state index in [1.807, 2.05) is 18.2 Å². The smallest absolute Gasteiger partial charge is 0.224 e. The minimum Gasteiger partial charge on any atom is -0.497 e. The van der Waals surface area contributed by atoms with Gasteiger partial charge in [-0.2, -0.15) is 0 Å². The first-order valence-electron chi connectivity index (χ1n) is 6.86. The van der Waals surface area contributed by atoms with Crippen LogP contribution in [0.5, 0.6) is 17.4 Å². The van der Waals surface area contributed by atoms with Crippen molar-refractivity contribution in [2.45, 2.75) is 0 Å². The molecule has 0 radical (unpaired) electrons. The standard InChI is InChI=1S/C16H15N5O2/c1-22-11-4-2-5-12(8-11)23-16-9-15(18-10-19-16)21-14-7-3-6-13(17)20-14/h2-10H,1H3,(H3,17,18,19,20,21). The lowest BCUT2D eigenvalue weighted by atomic mass is 10.3. The van der Waals surface area contributed by atoms with E-state index in [0.29, 0.717) is 34.8 Å². The largest absolute Gasteiger partial charge is 0.497 e. The number of methoxy groups -OCH3 is 1. The molecular weight excluding hydrogens is 294 g/mol. The Bertz CT molecular complexity index is 810. The highest BCUT2D eigenvalue weighted by atomic mass is 16.5. The molecule has 0 bridgehead atoms. The van der Waals surface area contributed by atoms with Crippen molar-refractivity contribution in [2.24, 2.45) is 0 Å². The zero-order valence-corrected chi connectivity index (χ0v) is 12.4. The molecule has 7 nitrogen and oxygen atoms in total. The van der Waals surface area contributed by atoms with E-state index in [-0.39, 0.29) is 0 Å². The Morgan fingerprint density at radius 3 is 2.61 bits per heavy atom. The fourth-order valence-corrected chi connectivity index (χ4v) is 1.90. The number of nitrogen functional groups attached to an aromatic ring is 1. The normalized spacial score (nSPS) is 10.1. The van der Waals surface area contributed by atoms with Gasteiger partial charge in [0, 0.05) is 12.1 Å². The lowest BCUT2D eigenvalue weighted by Crippen LogP contribution is -1.99. The van der Waals surface area contributed by atoms with Crippen molar-refractivity contribution in [2.75, 3.05) is 18.2 Å². The maximum Gasteiger partial charge on any atom is 0.224 e. The monoisotopic (exact) mass is 309 g/mol. The highest BCUT2D eigenvalue weighted by Gasteiger charge is 2.04. The summed E-state index contributed by atoms with van der Waals surface area (Å²) in [6.45, 7) is 0. The summed E-state index contributed by atoms with van der Waals surface area (Å²) in [6.07, 6.45) is 1.41. The number of hydrogen-bond acceptors (Lipinski definition) is 7. The number of ether oxygens (including phenoxy) is 2. The lowest BCUT2D eigenvalue weighted by molar-refractivity contribution is 0.407. The number of rotatable bonds is 5. The van der Waals surface area contributed by atoms with Crippen LogP contribution in [0.15, 0.2) is 54.9 Å². The van der Waals surface area contributed by atoms with Gasteiger partial charge in [0.2, 0.25) is 5.88 Å². The molecule has 1 aromatic carbocycles. The Balaban J connectivity index is 1.76. The minimum atomic E-state index is 0.402. The van der Waals surface area contributed by atoms with Gasteiger partial charge in [0.15, 0.2) is 0 Å². The molecule has 0 amide bonds. The molecule has 0 atom stereocenters. The minimum absolute atomic E-state index is 0.402. The van der Waals surface area contributed by atoms with Gasteiger partial charge in [-0.05, 0) is 24.3 Å². The molecule has 0 saturated heterocycles. The van der Waals surface area contributed by atoms with E-state index in [1.165, 1.54) is 6.33 Å². The molecule has 0 aliphatic rings. The third-order valence-electron chi connectivity index (χ3n) is 2.93. The molecule has 2 heterocycles. The van der Waals surface area contributed by atoms with Crippen molar-refractivity contribution in [3.05, 3.63) is 54.9 Å². The maximum atomic E-state index is 5.71. The molecule has 3 N–H and O–H groups in total. The molecule has 0 aliphatic heterocycles. The molecule has 7 heteroatoms. The number of pyridine rings is 1. The van der Waals surface area contributed by atoms with E-state index in [0.717, 1.165) is 0 Å². The van der Waals surface area contributed by atoms with Crippen LogP contribution in [-0.4, -0.2) is 22.1 Å². The van der Waals surface area contributed by atoms with E-state index in [2.05, 4.69) is 20.3 Å². The van der Waals surface area contributed by atoms with Crippen molar-refractivity contribution in [3.63, 3.8) is 0 Å². The quantitative estimate of drug-likeness (QED) is 0.748. The predicted molar refractivity (Wildman–Crippen MR) is 87.0 cm³/mol. The lowest BCUT2D eigenvalue weighted by Gasteiger charge is -2.08. The van der Waals surface area contributed by atoms with Crippen molar-refractivity contribution in [1.29, 1.82) is 0 Å². The van der Waals surface area contributed by atoms with Crippen LogP contribution in [0.3, 0.4) is 0 Å². The molecule has 116 valence electrons. The molecule has 23 heavy (non-hydrogen) atoms. The summed E-state index contributed by atoms with van der Waals surface area (Å²) in [5, 5.41) is 3.05. The zero-order valence-electron chi connectivity index (χ0n) is 12.4. The highest BCUT2D eigenvalue weighted by molar-refractivity contribution is 5.54. The van der Waals surface area contributed by atoms with Gasteiger partial charge in [-0.3, -0.25) is 0 Å². The van der Waals surface area contributed by atoms with Crippen LogP contribution in [0.4, 0.5) is 17.5 Å². The average Bonchev–Trinajstić information content (AvgIpc) is 2.55. The second-order valence-corrected chi connectivity index (χ2v) is 4.60. The SMILES string of the molecule is COc1cccc(Oc2cc(Nc3cccc(N)n3)ncn2)c1. The Morgan fingerprint density at radius 2 is 1.78 bits per heavy atom. The molecular formula is C16H15N5O2. The van der Waals surface area contributed by atoms with Crippen LogP contribution in [0, 0.1) is 0 Å². The van der Waals surface area contributed by atoms with Crippen LogP contribution >= 0.6 is 0 Å². The number of benzene rings is 1. The number of nitrogens with two attached hydrogens (primary N) is 1. The first-order valence-corrected chi connectivity index (χ1v) is 6.86. The van der Waals surface area contributed by atoms with Gasteiger partial charge < -0.3 is 20.5 Å². The summed E-state index contributed by atoms with van der Waals surface area (Å²) < 4.78 is 10.9. The Hall–Kier alpha value is -3.35. The van der Waals surface area contributed by atoms with Gasteiger partial charge in [0.1, 0.15) is 35.3 Å². The molecule has 0 fully saturated rings. The zero-order chi connectivity index (χ0) is 16.1. The van der Waals surface area contributed by atoms with Crippen molar-refractivity contribution in [1.82, 2.24) is 15.0 Å². The van der Waals surface area contributed by atoms with Crippen LogP contribution in [0.25, 0.3) is 0 Å². The first-order chi connectivity index (χ1) is 11.2. The van der Waals surface area contributed by atoms with Crippen LogP contribution in [0.2, 0.25) is 0 Å². The second-order valence-electron chi connectivity index (χ2n) is 4.60. The van der Waals surface area contributed by atoms with Gasteiger partial charge in [0.25, 0.3) is 0 Å². The average molecular weight is 309 g/mol. The van der Waals surface area contributed by atoms with E-state index in [4.69, 9.17) is 15.2 Å². The van der Waals surface area contributed by atoms with Crippen LogP contribution in [-0.2, 0) is 0 Å².